The van der Waals surface area contributed by atoms with Crippen molar-refractivity contribution in [1.29, 1.82) is 0 Å². The Hall–Kier alpha value is -0.340. The second-order valence-corrected chi connectivity index (χ2v) is 10.4. The Labute approximate surface area is 152 Å². The van der Waals surface area contributed by atoms with Crippen LogP contribution in [-0.2, 0) is 6.42 Å². The highest BCUT2D eigenvalue weighted by atomic mass is 79.9. The van der Waals surface area contributed by atoms with Gasteiger partial charge < -0.3 is 0 Å². The van der Waals surface area contributed by atoms with E-state index in [0.29, 0.717) is 5.92 Å². The fourth-order valence-electron chi connectivity index (χ4n) is 3.42. The number of benzene rings is 1. The third-order valence-corrected chi connectivity index (χ3v) is 6.73. The van der Waals surface area contributed by atoms with Crippen molar-refractivity contribution in [2.75, 3.05) is 0 Å². The molecule has 120 valence electrons. The van der Waals surface area contributed by atoms with E-state index in [2.05, 4.69) is 75.4 Å². The Kier molecular flexibility index (Phi) is 6.95. The maximum absolute atomic E-state index is 3.97. The molecule has 0 unspecified atom stereocenters. The highest BCUT2D eigenvalue weighted by molar-refractivity contribution is 9.25. The molecule has 0 N–H and O–H groups in total. The van der Waals surface area contributed by atoms with Gasteiger partial charge in [0.05, 0.1) is 3.23 Å². The SMILES string of the molecule is C=CCC[C@H]1CC[C@H](C(Br)(Br)Cc2ccc(C=C)cc2)CC1. The summed E-state index contributed by atoms with van der Waals surface area (Å²) in [4.78, 5) is 0. The number of alkyl halides is 2. The summed E-state index contributed by atoms with van der Waals surface area (Å²) in [6.07, 6.45) is 12.8. The quantitative estimate of drug-likeness (QED) is 0.321. The van der Waals surface area contributed by atoms with Gasteiger partial charge in [-0.25, -0.2) is 0 Å². The van der Waals surface area contributed by atoms with E-state index in [-0.39, 0.29) is 3.23 Å². The lowest BCUT2D eigenvalue weighted by molar-refractivity contribution is 0.254. The summed E-state index contributed by atoms with van der Waals surface area (Å²) in [7, 11) is 0. The minimum absolute atomic E-state index is 0.0269. The average Bonchev–Trinajstić information content (AvgIpc) is 2.53. The van der Waals surface area contributed by atoms with E-state index in [1.165, 1.54) is 49.7 Å². The molecule has 2 rings (SSSR count). The van der Waals surface area contributed by atoms with Gasteiger partial charge in [-0.1, -0.05) is 87.7 Å². The molecule has 0 heterocycles. The Balaban J connectivity index is 1.90. The maximum atomic E-state index is 3.97. The van der Waals surface area contributed by atoms with Crippen LogP contribution < -0.4 is 0 Å². The van der Waals surface area contributed by atoms with Crippen LogP contribution >= 0.6 is 31.9 Å². The van der Waals surface area contributed by atoms with Crippen molar-refractivity contribution in [3.05, 3.63) is 54.6 Å². The van der Waals surface area contributed by atoms with Crippen LogP contribution in [0.5, 0.6) is 0 Å². The van der Waals surface area contributed by atoms with Crippen LogP contribution in [0.4, 0.5) is 0 Å². The van der Waals surface area contributed by atoms with Gasteiger partial charge in [0.15, 0.2) is 0 Å². The van der Waals surface area contributed by atoms with Gasteiger partial charge in [-0.15, -0.1) is 6.58 Å². The molecular weight excluding hydrogens is 400 g/mol. The van der Waals surface area contributed by atoms with Gasteiger partial charge in [0.2, 0.25) is 0 Å². The van der Waals surface area contributed by atoms with Crippen molar-refractivity contribution in [2.24, 2.45) is 11.8 Å². The third-order valence-electron chi connectivity index (χ3n) is 4.88. The predicted octanol–water partition coefficient (Wildman–Crippen LogP) is 7.13. The van der Waals surface area contributed by atoms with Gasteiger partial charge in [0.25, 0.3) is 0 Å². The zero-order chi connectivity index (χ0) is 16.0. The highest BCUT2D eigenvalue weighted by Gasteiger charge is 2.36. The summed E-state index contributed by atoms with van der Waals surface area (Å²) in [5, 5.41) is 0. The Morgan fingerprint density at radius 2 is 1.68 bits per heavy atom. The number of hydrogen-bond acceptors (Lipinski definition) is 0. The summed E-state index contributed by atoms with van der Waals surface area (Å²) in [5.74, 6) is 1.60. The van der Waals surface area contributed by atoms with Crippen molar-refractivity contribution in [1.82, 2.24) is 0 Å². The number of rotatable bonds is 7. The summed E-state index contributed by atoms with van der Waals surface area (Å²) >= 11 is 7.94. The molecule has 1 aromatic carbocycles. The second-order valence-electron chi connectivity index (χ2n) is 6.47. The third kappa shape index (κ3) is 5.09. The smallest absolute Gasteiger partial charge is 0.0873 e. The predicted molar refractivity (Wildman–Crippen MR) is 106 cm³/mol. The lowest BCUT2D eigenvalue weighted by Crippen LogP contribution is -2.31. The van der Waals surface area contributed by atoms with Crippen LogP contribution in [0.15, 0.2) is 43.5 Å². The van der Waals surface area contributed by atoms with Gasteiger partial charge in [0, 0.05) is 0 Å². The Morgan fingerprint density at radius 3 is 2.23 bits per heavy atom. The van der Waals surface area contributed by atoms with Crippen LogP contribution in [-0.4, -0.2) is 3.23 Å². The molecule has 2 heteroatoms. The molecule has 1 aromatic rings. The molecule has 1 saturated carbocycles. The van der Waals surface area contributed by atoms with E-state index in [1.54, 1.807) is 0 Å². The summed E-state index contributed by atoms with van der Waals surface area (Å²) in [6, 6.07) is 8.71. The van der Waals surface area contributed by atoms with Crippen molar-refractivity contribution >= 4 is 37.9 Å². The second kappa shape index (κ2) is 8.49. The fourth-order valence-corrected chi connectivity index (χ4v) is 4.98. The van der Waals surface area contributed by atoms with E-state index in [1.807, 2.05) is 6.08 Å². The van der Waals surface area contributed by atoms with Gasteiger partial charge in [-0.2, -0.15) is 0 Å². The molecule has 1 fully saturated rings. The zero-order valence-electron chi connectivity index (χ0n) is 13.2. The molecule has 1 aliphatic rings. The molecule has 0 atom stereocenters. The number of allylic oxidation sites excluding steroid dienone is 1. The fraction of sp³-hybridized carbons (Fsp3) is 0.500. The van der Waals surface area contributed by atoms with Crippen LogP contribution in [0.1, 0.15) is 49.7 Å². The minimum atomic E-state index is 0.0269. The van der Waals surface area contributed by atoms with Gasteiger partial charge in [-0.3, -0.25) is 0 Å². The molecule has 0 aromatic heterocycles. The molecule has 0 nitrogen and oxygen atoms in total. The summed E-state index contributed by atoms with van der Waals surface area (Å²) in [5.41, 5.74) is 2.55. The highest BCUT2D eigenvalue weighted by Crippen LogP contribution is 2.46. The van der Waals surface area contributed by atoms with E-state index < -0.39 is 0 Å². The van der Waals surface area contributed by atoms with Gasteiger partial charge in [0.1, 0.15) is 0 Å². The van der Waals surface area contributed by atoms with Gasteiger partial charge in [-0.05, 0) is 55.1 Å². The standard InChI is InChI=1S/C20H26Br2/c1-3-5-6-17-11-13-19(14-12-17)20(21,22)15-18-9-7-16(4-2)8-10-18/h3-4,7-10,17,19H,1-2,5-6,11-15H2/t17-,19-. The molecule has 0 aliphatic heterocycles. The summed E-state index contributed by atoms with van der Waals surface area (Å²) < 4.78 is 0.0269. The normalized spacial score (nSPS) is 22.3. The Morgan fingerprint density at radius 1 is 1.05 bits per heavy atom. The number of hydrogen-bond donors (Lipinski definition) is 0. The molecule has 0 amide bonds. The molecule has 1 aliphatic carbocycles. The van der Waals surface area contributed by atoms with Crippen LogP contribution in [0, 0.1) is 11.8 Å². The first-order chi connectivity index (χ1) is 10.5. The van der Waals surface area contributed by atoms with Crippen LogP contribution in [0.2, 0.25) is 0 Å². The molecular formula is C20H26Br2. The van der Waals surface area contributed by atoms with Crippen molar-refractivity contribution in [2.45, 2.75) is 48.2 Å². The van der Waals surface area contributed by atoms with E-state index in [0.717, 1.165) is 12.3 Å². The molecule has 0 saturated heterocycles. The van der Waals surface area contributed by atoms with Crippen LogP contribution in [0.3, 0.4) is 0 Å². The van der Waals surface area contributed by atoms with E-state index >= 15 is 0 Å². The summed E-state index contributed by atoms with van der Waals surface area (Å²) in [6.45, 7) is 7.65. The maximum Gasteiger partial charge on any atom is 0.0873 e. The lowest BCUT2D eigenvalue weighted by atomic mass is 9.78. The minimum Gasteiger partial charge on any atom is -0.103 e. The molecule has 0 spiro atoms. The molecule has 0 bridgehead atoms. The average molecular weight is 426 g/mol. The largest absolute Gasteiger partial charge is 0.103 e. The van der Waals surface area contributed by atoms with Crippen molar-refractivity contribution < 1.29 is 0 Å². The van der Waals surface area contributed by atoms with Crippen molar-refractivity contribution in [3.63, 3.8) is 0 Å². The lowest BCUT2D eigenvalue weighted by Gasteiger charge is -2.36. The Bertz CT molecular complexity index is 479. The zero-order valence-corrected chi connectivity index (χ0v) is 16.4. The monoisotopic (exact) mass is 424 g/mol. The van der Waals surface area contributed by atoms with E-state index in [9.17, 15) is 0 Å². The molecule has 22 heavy (non-hydrogen) atoms. The topological polar surface area (TPSA) is 0 Å². The van der Waals surface area contributed by atoms with Crippen LogP contribution in [0.25, 0.3) is 6.08 Å². The van der Waals surface area contributed by atoms with E-state index in [4.69, 9.17) is 0 Å². The first-order valence-corrected chi connectivity index (χ1v) is 9.84. The number of halogens is 2. The first kappa shape index (κ1) is 18.0. The van der Waals surface area contributed by atoms with Gasteiger partial charge >= 0.3 is 0 Å². The van der Waals surface area contributed by atoms with Crippen molar-refractivity contribution in [3.8, 4) is 0 Å². The first-order valence-electron chi connectivity index (χ1n) is 8.25. The molecule has 0 radical (unpaired) electrons.